The van der Waals surface area contributed by atoms with Crippen molar-refractivity contribution in [3.05, 3.63) is 35.4 Å². The van der Waals surface area contributed by atoms with Gasteiger partial charge in [0.05, 0.1) is 6.61 Å². The minimum atomic E-state index is -4.29. The molecule has 5 heteroatoms. The molecule has 0 radical (unpaired) electrons. The van der Waals surface area contributed by atoms with Crippen LogP contribution in [0.2, 0.25) is 0 Å². The summed E-state index contributed by atoms with van der Waals surface area (Å²) in [5.41, 5.74) is 0.925. The van der Waals surface area contributed by atoms with Gasteiger partial charge in [0.25, 0.3) is 0 Å². The molecule has 1 rings (SSSR count). The van der Waals surface area contributed by atoms with Gasteiger partial charge in [0.15, 0.2) is 0 Å². The van der Waals surface area contributed by atoms with E-state index in [9.17, 15) is 13.2 Å². The van der Waals surface area contributed by atoms with Crippen molar-refractivity contribution in [2.45, 2.75) is 18.8 Å². The van der Waals surface area contributed by atoms with Crippen molar-refractivity contribution in [1.82, 2.24) is 5.32 Å². The van der Waals surface area contributed by atoms with E-state index in [4.69, 9.17) is 4.74 Å². The molecule has 1 N–H and O–H groups in total. The molecule has 0 bridgehead atoms. The normalized spacial score (nSPS) is 13.8. The predicted octanol–water partition coefficient (Wildman–Crippen LogP) is 2.66. The second-order valence-electron chi connectivity index (χ2n) is 3.44. The Morgan fingerprint density at radius 1 is 1.38 bits per heavy atom. The molecule has 2 nitrogen and oxygen atoms in total. The van der Waals surface area contributed by atoms with Crippen molar-refractivity contribution >= 4 is 0 Å². The summed E-state index contributed by atoms with van der Waals surface area (Å²) in [6.07, 6.45) is -4.29. The lowest BCUT2D eigenvalue weighted by Gasteiger charge is -2.20. The SMILES string of the molecule is CNC(c1cccc(COC)c1)C(F)(F)F. The summed E-state index contributed by atoms with van der Waals surface area (Å²) in [6.45, 7) is 0.308. The van der Waals surface area contributed by atoms with Gasteiger partial charge in [-0.3, -0.25) is 0 Å². The van der Waals surface area contributed by atoms with E-state index in [2.05, 4.69) is 5.32 Å². The Morgan fingerprint density at radius 2 is 2.06 bits per heavy atom. The maximum atomic E-state index is 12.6. The number of hydrogen-bond donors (Lipinski definition) is 1. The fourth-order valence-electron chi connectivity index (χ4n) is 1.55. The Balaban J connectivity index is 2.97. The minimum absolute atomic E-state index is 0.199. The molecule has 0 aliphatic rings. The van der Waals surface area contributed by atoms with Crippen LogP contribution in [0.25, 0.3) is 0 Å². The number of halogens is 3. The number of benzene rings is 1. The first-order chi connectivity index (χ1) is 7.49. The third-order valence-electron chi connectivity index (χ3n) is 2.21. The van der Waals surface area contributed by atoms with Crippen molar-refractivity contribution in [2.24, 2.45) is 0 Å². The zero-order chi connectivity index (χ0) is 12.2. The molecule has 0 aliphatic heterocycles. The average Bonchev–Trinajstić information content (AvgIpc) is 2.17. The molecule has 1 unspecified atom stereocenters. The van der Waals surface area contributed by atoms with Gasteiger partial charge in [0, 0.05) is 7.11 Å². The first-order valence-electron chi connectivity index (χ1n) is 4.80. The van der Waals surface area contributed by atoms with E-state index in [0.717, 1.165) is 5.56 Å². The van der Waals surface area contributed by atoms with E-state index in [1.165, 1.54) is 26.3 Å². The Kier molecular flexibility index (Phi) is 4.32. The van der Waals surface area contributed by atoms with Crippen LogP contribution in [0.1, 0.15) is 17.2 Å². The quantitative estimate of drug-likeness (QED) is 0.863. The monoisotopic (exact) mass is 233 g/mol. The number of rotatable bonds is 4. The molecule has 0 aromatic heterocycles. The van der Waals surface area contributed by atoms with Crippen LogP contribution in [-0.4, -0.2) is 20.3 Å². The molecular weight excluding hydrogens is 219 g/mol. The van der Waals surface area contributed by atoms with Crippen LogP contribution in [0.5, 0.6) is 0 Å². The van der Waals surface area contributed by atoms with Gasteiger partial charge in [0.1, 0.15) is 6.04 Å². The molecule has 0 spiro atoms. The summed E-state index contributed by atoms with van der Waals surface area (Å²) in [7, 11) is 2.80. The van der Waals surface area contributed by atoms with Gasteiger partial charge in [-0.1, -0.05) is 24.3 Å². The number of nitrogens with one attached hydrogen (secondary N) is 1. The van der Waals surface area contributed by atoms with Crippen molar-refractivity contribution < 1.29 is 17.9 Å². The van der Waals surface area contributed by atoms with Crippen molar-refractivity contribution in [2.75, 3.05) is 14.2 Å². The van der Waals surface area contributed by atoms with Crippen LogP contribution in [0, 0.1) is 0 Å². The smallest absolute Gasteiger partial charge is 0.380 e. The number of hydrogen-bond acceptors (Lipinski definition) is 2. The van der Waals surface area contributed by atoms with Crippen LogP contribution in [-0.2, 0) is 11.3 Å². The molecule has 0 fully saturated rings. The highest BCUT2D eigenvalue weighted by Crippen LogP contribution is 2.32. The minimum Gasteiger partial charge on any atom is -0.380 e. The van der Waals surface area contributed by atoms with Gasteiger partial charge >= 0.3 is 6.18 Å². The highest BCUT2D eigenvalue weighted by atomic mass is 19.4. The van der Waals surface area contributed by atoms with E-state index in [-0.39, 0.29) is 5.56 Å². The molecule has 0 amide bonds. The topological polar surface area (TPSA) is 21.3 Å². The van der Waals surface area contributed by atoms with Gasteiger partial charge in [-0.15, -0.1) is 0 Å². The molecule has 0 aliphatic carbocycles. The number of methoxy groups -OCH3 is 1. The molecule has 0 saturated heterocycles. The van der Waals surface area contributed by atoms with Crippen LogP contribution in [0.15, 0.2) is 24.3 Å². The Hall–Kier alpha value is -1.07. The van der Waals surface area contributed by atoms with E-state index in [1.54, 1.807) is 12.1 Å². The maximum absolute atomic E-state index is 12.6. The summed E-state index contributed by atoms with van der Waals surface area (Å²) in [5, 5.41) is 2.26. The van der Waals surface area contributed by atoms with Gasteiger partial charge in [0.2, 0.25) is 0 Å². The lowest BCUT2D eigenvalue weighted by molar-refractivity contribution is -0.156. The van der Waals surface area contributed by atoms with Gasteiger partial charge in [-0.25, -0.2) is 0 Å². The first-order valence-corrected chi connectivity index (χ1v) is 4.80. The van der Waals surface area contributed by atoms with Gasteiger partial charge in [-0.2, -0.15) is 13.2 Å². The molecule has 1 atom stereocenters. The molecule has 16 heavy (non-hydrogen) atoms. The second kappa shape index (κ2) is 5.32. The van der Waals surface area contributed by atoms with E-state index < -0.39 is 12.2 Å². The predicted molar refractivity (Wildman–Crippen MR) is 55.0 cm³/mol. The van der Waals surface area contributed by atoms with Crippen molar-refractivity contribution in [3.63, 3.8) is 0 Å². The lowest BCUT2D eigenvalue weighted by Crippen LogP contribution is -2.31. The molecule has 0 saturated carbocycles. The van der Waals surface area contributed by atoms with Crippen LogP contribution in [0.4, 0.5) is 13.2 Å². The third-order valence-corrected chi connectivity index (χ3v) is 2.21. The Bertz CT molecular complexity index is 338. The summed E-state index contributed by atoms with van der Waals surface area (Å²) < 4.78 is 42.8. The van der Waals surface area contributed by atoms with Gasteiger partial charge in [-0.05, 0) is 18.2 Å². The van der Waals surface area contributed by atoms with Crippen LogP contribution < -0.4 is 5.32 Å². The van der Waals surface area contributed by atoms with Crippen molar-refractivity contribution in [1.29, 1.82) is 0 Å². The highest BCUT2D eigenvalue weighted by Gasteiger charge is 2.39. The average molecular weight is 233 g/mol. The van der Waals surface area contributed by atoms with E-state index >= 15 is 0 Å². The molecule has 1 aromatic rings. The lowest BCUT2D eigenvalue weighted by atomic mass is 10.0. The number of alkyl halides is 3. The third kappa shape index (κ3) is 3.21. The summed E-state index contributed by atoms with van der Waals surface area (Å²) in [5.74, 6) is 0. The first kappa shape index (κ1) is 13.0. The Morgan fingerprint density at radius 3 is 2.56 bits per heavy atom. The van der Waals surface area contributed by atoms with E-state index in [0.29, 0.717) is 6.61 Å². The summed E-state index contributed by atoms with van der Waals surface area (Å²) in [6, 6.07) is 4.64. The highest BCUT2D eigenvalue weighted by molar-refractivity contribution is 5.26. The maximum Gasteiger partial charge on any atom is 0.407 e. The fraction of sp³-hybridized carbons (Fsp3) is 0.455. The second-order valence-corrected chi connectivity index (χ2v) is 3.44. The summed E-state index contributed by atoms with van der Waals surface area (Å²) in [4.78, 5) is 0. The summed E-state index contributed by atoms with van der Waals surface area (Å²) >= 11 is 0. The van der Waals surface area contributed by atoms with Gasteiger partial charge < -0.3 is 10.1 Å². The molecule has 90 valence electrons. The largest absolute Gasteiger partial charge is 0.407 e. The molecule has 0 heterocycles. The van der Waals surface area contributed by atoms with Crippen LogP contribution in [0.3, 0.4) is 0 Å². The Labute approximate surface area is 92.4 Å². The molecule has 1 aromatic carbocycles. The number of ether oxygens (including phenoxy) is 1. The zero-order valence-electron chi connectivity index (χ0n) is 9.14. The zero-order valence-corrected chi connectivity index (χ0v) is 9.14. The fourth-order valence-corrected chi connectivity index (χ4v) is 1.55. The van der Waals surface area contributed by atoms with Crippen molar-refractivity contribution in [3.8, 4) is 0 Å². The molecular formula is C11H14F3NO. The van der Waals surface area contributed by atoms with E-state index in [1.807, 2.05) is 0 Å². The van der Waals surface area contributed by atoms with Crippen LogP contribution >= 0.6 is 0 Å². The standard InChI is InChI=1S/C11H14F3NO/c1-15-10(11(12,13)14)9-5-3-4-8(6-9)7-16-2/h3-6,10,15H,7H2,1-2H3.